The van der Waals surface area contributed by atoms with Gasteiger partial charge >= 0.3 is 0 Å². The highest BCUT2D eigenvalue weighted by atomic mass is 79.9. The van der Waals surface area contributed by atoms with Crippen molar-refractivity contribution in [3.05, 3.63) is 61.8 Å². The van der Waals surface area contributed by atoms with Crippen LogP contribution in [-0.4, -0.2) is 4.98 Å². The summed E-state index contributed by atoms with van der Waals surface area (Å²) in [4.78, 5) is 4.40. The Kier molecular flexibility index (Phi) is 4.76. The standard InChI is InChI=1S/C15H16Br2N2/c1-9-3-4-11(5-10(9)2)6-14(18)15-13(17)7-12(16)8-19-15/h3-5,7-8,14H,6,18H2,1-2H3. The van der Waals surface area contributed by atoms with Crippen molar-refractivity contribution in [2.75, 3.05) is 0 Å². The van der Waals surface area contributed by atoms with E-state index in [4.69, 9.17) is 5.73 Å². The van der Waals surface area contributed by atoms with Gasteiger partial charge in [0.2, 0.25) is 0 Å². The fourth-order valence-electron chi connectivity index (χ4n) is 1.98. The minimum atomic E-state index is -0.107. The average molecular weight is 384 g/mol. The summed E-state index contributed by atoms with van der Waals surface area (Å²) >= 11 is 6.91. The van der Waals surface area contributed by atoms with E-state index >= 15 is 0 Å². The van der Waals surface area contributed by atoms with E-state index < -0.39 is 0 Å². The molecule has 2 aromatic rings. The molecular weight excluding hydrogens is 368 g/mol. The van der Waals surface area contributed by atoms with E-state index in [2.05, 4.69) is 68.9 Å². The molecule has 100 valence electrons. The predicted molar refractivity (Wildman–Crippen MR) is 86.2 cm³/mol. The van der Waals surface area contributed by atoms with Gasteiger partial charge in [-0.3, -0.25) is 4.98 Å². The highest BCUT2D eigenvalue weighted by Crippen LogP contribution is 2.25. The summed E-state index contributed by atoms with van der Waals surface area (Å²) in [6.45, 7) is 4.24. The third-order valence-corrected chi connectivity index (χ3v) is 4.28. The van der Waals surface area contributed by atoms with Gasteiger partial charge in [-0.1, -0.05) is 18.2 Å². The summed E-state index contributed by atoms with van der Waals surface area (Å²) in [7, 11) is 0. The van der Waals surface area contributed by atoms with E-state index in [-0.39, 0.29) is 6.04 Å². The van der Waals surface area contributed by atoms with Crippen LogP contribution in [0.3, 0.4) is 0 Å². The predicted octanol–water partition coefficient (Wildman–Crippen LogP) is 4.47. The van der Waals surface area contributed by atoms with E-state index in [0.29, 0.717) is 0 Å². The molecule has 1 aromatic carbocycles. The molecule has 19 heavy (non-hydrogen) atoms. The Hall–Kier alpha value is -0.710. The van der Waals surface area contributed by atoms with E-state index in [1.54, 1.807) is 6.20 Å². The summed E-state index contributed by atoms with van der Waals surface area (Å²) in [5.41, 5.74) is 11.0. The Balaban J connectivity index is 2.20. The molecule has 0 radical (unpaired) electrons. The molecule has 0 saturated carbocycles. The number of hydrogen-bond acceptors (Lipinski definition) is 2. The molecule has 0 aliphatic rings. The van der Waals surface area contributed by atoms with Crippen molar-refractivity contribution >= 4 is 31.9 Å². The summed E-state index contributed by atoms with van der Waals surface area (Å²) in [5.74, 6) is 0. The summed E-state index contributed by atoms with van der Waals surface area (Å²) < 4.78 is 1.89. The highest BCUT2D eigenvalue weighted by molar-refractivity contribution is 9.11. The van der Waals surface area contributed by atoms with Crippen molar-refractivity contribution in [3.63, 3.8) is 0 Å². The van der Waals surface area contributed by atoms with Crippen LogP contribution in [0.5, 0.6) is 0 Å². The molecule has 1 heterocycles. The lowest BCUT2D eigenvalue weighted by Gasteiger charge is -2.14. The molecule has 0 bridgehead atoms. The van der Waals surface area contributed by atoms with Crippen molar-refractivity contribution in [2.24, 2.45) is 5.73 Å². The van der Waals surface area contributed by atoms with Gasteiger partial charge in [-0.05, 0) is 74.9 Å². The molecule has 0 saturated heterocycles. The maximum atomic E-state index is 6.26. The molecule has 1 atom stereocenters. The van der Waals surface area contributed by atoms with Crippen molar-refractivity contribution in [1.82, 2.24) is 4.98 Å². The van der Waals surface area contributed by atoms with Crippen LogP contribution in [0.15, 0.2) is 39.4 Å². The fourth-order valence-corrected chi connectivity index (χ4v) is 3.26. The highest BCUT2D eigenvalue weighted by Gasteiger charge is 2.13. The zero-order chi connectivity index (χ0) is 14.0. The zero-order valence-corrected chi connectivity index (χ0v) is 14.1. The van der Waals surface area contributed by atoms with Crippen LogP contribution in [0.25, 0.3) is 0 Å². The topological polar surface area (TPSA) is 38.9 Å². The summed E-state index contributed by atoms with van der Waals surface area (Å²) in [5, 5.41) is 0. The van der Waals surface area contributed by atoms with Gasteiger partial charge in [0.1, 0.15) is 0 Å². The molecule has 1 aromatic heterocycles. The van der Waals surface area contributed by atoms with Gasteiger partial charge in [0.15, 0.2) is 0 Å². The summed E-state index contributed by atoms with van der Waals surface area (Å²) in [6.07, 6.45) is 2.56. The van der Waals surface area contributed by atoms with Crippen molar-refractivity contribution in [3.8, 4) is 0 Å². The second kappa shape index (κ2) is 6.16. The van der Waals surface area contributed by atoms with Crippen LogP contribution in [0.2, 0.25) is 0 Å². The molecule has 2 rings (SSSR count). The first-order chi connectivity index (χ1) is 8.97. The van der Waals surface area contributed by atoms with Crippen LogP contribution in [0.1, 0.15) is 28.4 Å². The normalized spacial score (nSPS) is 12.5. The number of aromatic nitrogens is 1. The molecule has 4 heteroatoms. The fraction of sp³-hybridized carbons (Fsp3) is 0.267. The first-order valence-corrected chi connectivity index (χ1v) is 7.68. The van der Waals surface area contributed by atoms with Crippen molar-refractivity contribution < 1.29 is 0 Å². The average Bonchev–Trinajstić information content (AvgIpc) is 2.33. The van der Waals surface area contributed by atoms with Gasteiger partial charge in [-0.15, -0.1) is 0 Å². The number of hydrogen-bond donors (Lipinski definition) is 1. The van der Waals surface area contributed by atoms with E-state index in [0.717, 1.165) is 21.1 Å². The lowest BCUT2D eigenvalue weighted by molar-refractivity contribution is 0.691. The van der Waals surface area contributed by atoms with Crippen LogP contribution in [0.4, 0.5) is 0 Å². The molecule has 1 unspecified atom stereocenters. The van der Waals surface area contributed by atoms with Gasteiger partial charge in [-0.2, -0.15) is 0 Å². The van der Waals surface area contributed by atoms with Gasteiger partial charge in [0.25, 0.3) is 0 Å². The Morgan fingerprint density at radius 3 is 2.53 bits per heavy atom. The molecular formula is C15H16Br2N2. The Morgan fingerprint density at radius 1 is 1.16 bits per heavy atom. The maximum absolute atomic E-state index is 6.26. The zero-order valence-electron chi connectivity index (χ0n) is 11.0. The molecule has 0 spiro atoms. The van der Waals surface area contributed by atoms with Crippen LogP contribution in [-0.2, 0) is 6.42 Å². The van der Waals surface area contributed by atoms with Gasteiger partial charge < -0.3 is 5.73 Å². The van der Waals surface area contributed by atoms with Crippen LogP contribution in [0, 0.1) is 13.8 Å². The number of nitrogens with two attached hydrogens (primary N) is 1. The second-order valence-electron chi connectivity index (χ2n) is 4.75. The first-order valence-electron chi connectivity index (χ1n) is 6.10. The largest absolute Gasteiger partial charge is 0.322 e. The monoisotopic (exact) mass is 382 g/mol. The molecule has 2 N–H and O–H groups in total. The molecule has 0 aliphatic carbocycles. The Morgan fingerprint density at radius 2 is 1.89 bits per heavy atom. The molecule has 0 fully saturated rings. The number of nitrogens with zero attached hydrogens (tertiary/aromatic N) is 1. The molecule has 0 aliphatic heterocycles. The quantitative estimate of drug-likeness (QED) is 0.849. The van der Waals surface area contributed by atoms with E-state index in [1.165, 1.54) is 16.7 Å². The third kappa shape index (κ3) is 3.65. The Bertz CT molecular complexity index is 597. The van der Waals surface area contributed by atoms with Crippen molar-refractivity contribution in [2.45, 2.75) is 26.3 Å². The number of aryl methyl sites for hydroxylation is 2. The number of pyridine rings is 1. The van der Waals surface area contributed by atoms with Gasteiger partial charge in [0.05, 0.1) is 11.7 Å². The number of rotatable bonds is 3. The van der Waals surface area contributed by atoms with Crippen LogP contribution < -0.4 is 5.73 Å². The van der Waals surface area contributed by atoms with E-state index in [1.807, 2.05) is 6.07 Å². The SMILES string of the molecule is Cc1ccc(CC(N)c2ncc(Br)cc2Br)cc1C. The molecule has 2 nitrogen and oxygen atoms in total. The molecule has 0 amide bonds. The lowest BCUT2D eigenvalue weighted by Crippen LogP contribution is -2.15. The minimum Gasteiger partial charge on any atom is -0.322 e. The second-order valence-corrected chi connectivity index (χ2v) is 6.52. The van der Waals surface area contributed by atoms with Gasteiger partial charge in [-0.25, -0.2) is 0 Å². The first kappa shape index (κ1) is 14.7. The minimum absolute atomic E-state index is 0.107. The lowest BCUT2D eigenvalue weighted by atomic mass is 9.99. The van der Waals surface area contributed by atoms with Crippen LogP contribution >= 0.6 is 31.9 Å². The smallest absolute Gasteiger partial charge is 0.0716 e. The van der Waals surface area contributed by atoms with E-state index in [9.17, 15) is 0 Å². The van der Waals surface area contributed by atoms with Gasteiger partial charge in [0, 0.05) is 15.1 Å². The summed E-state index contributed by atoms with van der Waals surface area (Å²) in [6, 6.07) is 8.34. The Labute approximate surface area is 130 Å². The maximum Gasteiger partial charge on any atom is 0.0716 e. The van der Waals surface area contributed by atoms with Crippen molar-refractivity contribution in [1.29, 1.82) is 0 Å². The third-order valence-electron chi connectivity index (χ3n) is 3.21. The number of benzene rings is 1. The number of halogens is 2.